The van der Waals surface area contributed by atoms with E-state index < -0.39 is 0 Å². The van der Waals surface area contributed by atoms with Crippen LogP contribution in [0.1, 0.15) is 5.56 Å². The molecule has 0 amide bonds. The van der Waals surface area contributed by atoms with Crippen molar-refractivity contribution in [3.05, 3.63) is 70.2 Å². The number of anilines is 2. The first-order chi connectivity index (χ1) is 11.0. The maximum atomic E-state index is 13.4. The zero-order chi connectivity index (χ0) is 16.4. The number of benzene rings is 2. The van der Waals surface area contributed by atoms with Gasteiger partial charge in [0, 0.05) is 5.69 Å². The summed E-state index contributed by atoms with van der Waals surface area (Å²) in [4.78, 5) is 8.43. The van der Waals surface area contributed by atoms with Gasteiger partial charge in [0.1, 0.15) is 16.1 Å². The first-order valence-corrected chi connectivity index (χ1v) is 7.62. The highest BCUT2D eigenvalue weighted by Gasteiger charge is 2.14. The Hall–Kier alpha value is -2.17. The van der Waals surface area contributed by atoms with E-state index in [0.717, 1.165) is 11.1 Å². The van der Waals surface area contributed by atoms with E-state index in [1.807, 2.05) is 37.3 Å². The average Bonchev–Trinajstić information content (AvgIpc) is 2.51. The third kappa shape index (κ3) is 3.44. The number of hydrogen-bond donors (Lipinski definition) is 1. The number of aryl methyl sites for hydroxylation is 1. The summed E-state index contributed by atoms with van der Waals surface area (Å²) < 4.78 is 13.4. The van der Waals surface area contributed by atoms with Gasteiger partial charge in [-0.25, -0.2) is 14.4 Å². The molecule has 1 aromatic heterocycles. The lowest BCUT2D eigenvalue weighted by Crippen LogP contribution is -2.01. The number of halogens is 3. The van der Waals surface area contributed by atoms with E-state index in [0.29, 0.717) is 11.3 Å². The van der Waals surface area contributed by atoms with Crippen molar-refractivity contribution in [3.8, 4) is 11.1 Å². The molecular formula is C17H12Cl2FN3. The summed E-state index contributed by atoms with van der Waals surface area (Å²) in [5.74, 6) is -0.135. The minimum absolute atomic E-state index is 0.216. The van der Waals surface area contributed by atoms with Gasteiger partial charge in [0.15, 0.2) is 0 Å². The summed E-state index contributed by atoms with van der Waals surface area (Å²) in [6.45, 7) is 1.85. The average molecular weight is 348 g/mol. The number of hydrogen-bond acceptors (Lipinski definition) is 3. The Balaban J connectivity index is 1.99. The van der Waals surface area contributed by atoms with Gasteiger partial charge in [0.05, 0.1) is 5.56 Å². The van der Waals surface area contributed by atoms with E-state index in [1.165, 1.54) is 12.1 Å². The topological polar surface area (TPSA) is 37.8 Å². The Labute approximate surface area is 143 Å². The van der Waals surface area contributed by atoms with E-state index >= 15 is 0 Å². The molecule has 3 aromatic rings. The van der Waals surface area contributed by atoms with Gasteiger partial charge in [-0.1, -0.05) is 59.6 Å². The van der Waals surface area contributed by atoms with Crippen LogP contribution < -0.4 is 5.32 Å². The molecule has 0 atom stereocenters. The molecule has 2 aromatic carbocycles. The number of rotatable bonds is 3. The van der Waals surface area contributed by atoms with Crippen LogP contribution in [-0.2, 0) is 0 Å². The van der Waals surface area contributed by atoms with E-state index in [2.05, 4.69) is 15.3 Å². The van der Waals surface area contributed by atoms with Crippen LogP contribution in [0.25, 0.3) is 11.1 Å². The molecule has 0 aliphatic heterocycles. The lowest BCUT2D eigenvalue weighted by molar-refractivity contribution is 0.628. The normalized spacial score (nSPS) is 10.6. The van der Waals surface area contributed by atoms with Crippen LogP contribution in [0.5, 0.6) is 0 Å². The lowest BCUT2D eigenvalue weighted by Gasteiger charge is -2.11. The SMILES string of the molecule is Cc1ccc(F)cc1Nc1nc(Cl)c(-c2ccccc2)c(Cl)n1. The van der Waals surface area contributed by atoms with Crippen LogP contribution in [0.3, 0.4) is 0 Å². The minimum Gasteiger partial charge on any atom is -0.324 e. The van der Waals surface area contributed by atoms with Crippen molar-refractivity contribution in [2.24, 2.45) is 0 Å². The van der Waals surface area contributed by atoms with Crippen LogP contribution in [0, 0.1) is 12.7 Å². The molecule has 3 rings (SSSR count). The molecule has 3 nitrogen and oxygen atoms in total. The van der Waals surface area contributed by atoms with Crippen LogP contribution in [0.15, 0.2) is 48.5 Å². The molecule has 0 radical (unpaired) electrons. The third-order valence-corrected chi connectivity index (χ3v) is 3.88. The zero-order valence-corrected chi connectivity index (χ0v) is 13.7. The van der Waals surface area contributed by atoms with Gasteiger partial charge in [-0.05, 0) is 30.2 Å². The van der Waals surface area contributed by atoms with Gasteiger partial charge < -0.3 is 5.32 Å². The van der Waals surface area contributed by atoms with Crippen molar-refractivity contribution in [2.75, 3.05) is 5.32 Å². The zero-order valence-electron chi connectivity index (χ0n) is 12.1. The van der Waals surface area contributed by atoms with Crippen molar-refractivity contribution >= 4 is 34.8 Å². The molecule has 0 bridgehead atoms. The summed E-state index contributed by atoms with van der Waals surface area (Å²) in [5, 5.41) is 3.40. The summed E-state index contributed by atoms with van der Waals surface area (Å²) in [5.41, 5.74) is 2.81. The molecule has 0 saturated heterocycles. The molecule has 1 heterocycles. The Bertz CT molecular complexity index is 831. The Morgan fingerprint density at radius 1 is 0.957 bits per heavy atom. The standard InChI is InChI=1S/C17H12Cl2FN3/c1-10-7-8-12(20)9-13(10)21-17-22-15(18)14(16(19)23-17)11-5-3-2-4-6-11/h2-9H,1H3,(H,21,22,23). The molecular weight excluding hydrogens is 336 g/mol. The Kier molecular flexibility index (Phi) is 4.46. The third-order valence-electron chi connectivity index (χ3n) is 3.33. The van der Waals surface area contributed by atoms with Crippen molar-refractivity contribution in [1.29, 1.82) is 0 Å². The van der Waals surface area contributed by atoms with Crippen molar-refractivity contribution in [2.45, 2.75) is 6.92 Å². The Morgan fingerprint density at radius 3 is 2.26 bits per heavy atom. The monoisotopic (exact) mass is 347 g/mol. The molecule has 0 fully saturated rings. The second-order valence-electron chi connectivity index (χ2n) is 4.95. The highest BCUT2D eigenvalue weighted by atomic mass is 35.5. The molecule has 0 aliphatic carbocycles. The molecule has 23 heavy (non-hydrogen) atoms. The van der Waals surface area contributed by atoms with Crippen molar-refractivity contribution in [3.63, 3.8) is 0 Å². The second kappa shape index (κ2) is 6.52. The predicted molar refractivity (Wildman–Crippen MR) is 91.9 cm³/mol. The first-order valence-electron chi connectivity index (χ1n) is 6.86. The summed E-state index contributed by atoms with van der Waals surface area (Å²) in [6.07, 6.45) is 0. The van der Waals surface area contributed by atoms with Crippen LogP contribution in [0.4, 0.5) is 16.0 Å². The van der Waals surface area contributed by atoms with Crippen LogP contribution in [0.2, 0.25) is 10.3 Å². The highest BCUT2D eigenvalue weighted by molar-refractivity contribution is 6.37. The van der Waals surface area contributed by atoms with Crippen LogP contribution in [-0.4, -0.2) is 9.97 Å². The van der Waals surface area contributed by atoms with E-state index in [-0.39, 0.29) is 22.1 Å². The van der Waals surface area contributed by atoms with E-state index in [1.54, 1.807) is 6.07 Å². The van der Waals surface area contributed by atoms with Gasteiger partial charge in [0.25, 0.3) is 0 Å². The highest BCUT2D eigenvalue weighted by Crippen LogP contribution is 2.33. The van der Waals surface area contributed by atoms with Gasteiger partial charge in [-0.2, -0.15) is 0 Å². The first kappa shape index (κ1) is 15.7. The molecule has 116 valence electrons. The number of nitrogens with zero attached hydrogens (tertiary/aromatic N) is 2. The molecule has 0 saturated carbocycles. The lowest BCUT2D eigenvalue weighted by atomic mass is 10.1. The van der Waals surface area contributed by atoms with Gasteiger partial charge >= 0.3 is 0 Å². The molecule has 0 aliphatic rings. The molecule has 6 heteroatoms. The summed E-state index contributed by atoms with van der Waals surface area (Å²) in [6, 6.07) is 13.8. The van der Waals surface area contributed by atoms with Crippen molar-refractivity contribution in [1.82, 2.24) is 9.97 Å². The van der Waals surface area contributed by atoms with Gasteiger partial charge in [-0.15, -0.1) is 0 Å². The fourth-order valence-corrected chi connectivity index (χ4v) is 2.76. The van der Waals surface area contributed by atoms with Crippen LogP contribution >= 0.6 is 23.2 Å². The maximum absolute atomic E-state index is 13.4. The van der Waals surface area contributed by atoms with Crippen molar-refractivity contribution < 1.29 is 4.39 Å². The van der Waals surface area contributed by atoms with E-state index in [4.69, 9.17) is 23.2 Å². The van der Waals surface area contributed by atoms with Gasteiger partial charge in [0.2, 0.25) is 5.95 Å². The quantitative estimate of drug-likeness (QED) is 0.622. The van der Waals surface area contributed by atoms with E-state index in [9.17, 15) is 4.39 Å². The number of aromatic nitrogens is 2. The largest absolute Gasteiger partial charge is 0.324 e. The molecule has 0 spiro atoms. The predicted octanol–water partition coefficient (Wildman–Crippen LogP) is 5.64. The molecule has 0 unspecified atom stereocenters. The second-order valence-corrected chi connectivity index (χ2v) is 5.67. The number of nitrogens with one attached hydrogen (secondary N) is 1. The summed E-state index contributed by atoms with van der Waals surface area (Å²) >= 11 is 12.5. The fraction of sp³-hybridized carbons (Fsp3) is 0.0588. The Morgan fingerprint density at radius 2 is 1.61 bits per heavy atom. The van der Waals surface area contributed by atoms with Gasteiger partial charge in [-0.3, -0.25) is 0 Å². The fourth-order valence-electron chi connectivity index (χ4n) is 2.16. The maximum Gasteiger partial charge on any atom is 0.230 e. The summed E-state index contributed by atoms with van der Waals surface area (Å²) in [7, 11) is 0. The smallest absolute Gasteiger partial charge is 0.230 e. The minimum atomic E-state index is -0.351. The molecule has 1 N–H and O–H groups in total.